The van der Waals surface area contributed by atoms with Crippen LogP contribution >= 0.6 is 0 Å². The lowest BCUT2D eigenvalue weighted by Crippen LogP contribution is -2.01. The van der Waals surface area contributed by atoms with Crippen molar-refractivity contribution in [1.29, 1.82) is 0 Å². The highest BCUT2D eigenvalue weighted by Crippen LogP contribution is 2.33. The van der Waals surface area contributed by atoms with E-state index in [9.17, 15) is 0 Å². The Balaban J connectivity index is 2.23. The Hall–Kier alpha value is -2.26. The number of benzene rings is 3. The van der Waals surface area contributed by atoms with Crippen LogP contribution in [0.2, 0.25) is 0 Å². The number of rotatable bonds is 3. The van der Waals surface area contributed by atoms with E-state index in [-0.39, 0.29) is 7.69 Å². The van der Waals surface area contributed by atoms with E-state index >= 15 is 0 Å². The van der Waals surface area contributed by atoms with Gasteiger partial charge in [-0.15, -0.1) is 0 Å². The summed E-state index contributed by atoms with van der Waals surface area (Å²) in [5.74, 6) is 0.701. The Morgan fingerprint density at radius 1 is 0.789 bits per heavy atom. The van der Waals surface area contributed by atoms with Crippen LogP contribution in [0.5, 0.6) is 5.75 Å². The first-order valence-electron chi connectivity index (χ1n) is 6.20. The molecule has 0 saturated heterocycles. The Labute approximate surface area is 112 Å². The van der Waals surface area contributed by atoms with Crippen LogP contribution in [0.1, 0.15) is 0 Å². The van der Waals surface area contributed by atoms with Gasteiger partial charge in [0.15, 0.2) is 0 Å². The summed E-state index contributed by atoms with van der Waals surface area (Å²) >= 11 is 0. The molecule has 92 valence electrons. The topological polar surface area (TPSA) is 29.5 Å². The zero-order chi connectivity index (χ0) is 13.1. The number of hydrogen-bond acceptors (Lipinski definition) is 2. The maximum Gasteiger partial charge on any atom is 0.504 e. The standard InChI is InChI=1S/C16H13BO2/c18-17-19-16-11-14-9-5-4-8-13(14)10-15(16)12-6-2-1-3-7-12/h1-11,17-18H. The van der Waals surface area contributed by atoms with Crippen LogP contribution < -0.4 is 4.65 Å². The monoisotopic (exact) mass is 248 g/mol. The average Bonchev–Trinajstić information content (AvgIpc) is 2.48. The lowest BCUT2D eigenvalue weighted by molar-refractivity contribution is 0.455. The fourth-order valence-electron chi connectivity index (χ4n) is 2.25. The quantitative estimate of drug-likeness (QED) is 0.721. The van der Waals surface area contributed by atoms with E-state index in [4.69, 9.17) is 9.68 Å². The summed E-state index contributed by atoms with van der Waals surface area (Å²) in [5, 5.41) is 11.3. The molecule has 19 heavy (non-hydrogen) atoms. The van der Waals surface area contributed by atoms with E-state index in [0.717, 1.165) is 21.9 Å². The van der Waals surface area contributed by atoms with Gasteiger partial charge in [-0.25, -0.2) is 0 Å². The molecule has 3 aromatic rings. The molecule has 0 amide bonds. The Kier molecular flexibility index (Phi) is 3.21. The van der Waals surface area contributed by atoms with Crippen molar-refractivity contribution in [2.45, 2.75) is 0 Å². The number of hydrogen-bond donors (Lipinski definition) is 1. The first-order chi connectivity index (χ1) is 9.38. The molecule has 0 radical (unpaired) electrons. The molecule has 3 rings (SSSR count). The second kappa shape index (κ2) is 5.16. The molecule has 0 heterocycles. The van der Waals surface area contributed by atoms with Gasteiger partial charge in [-0.05, 0) is 28.5 Å². The van der Waals surface area contributed by atoms with Crippen molar-refractivity contribution in [2.24, 2.45) is 0 Å². The second-order valence-electron chi connectivity index (χ2n) is 4.33. The molecule has 1 N–H and O–H groups in total. The molecule has 0 unspecified atom stereocenters. The van der Waals surface area contributed by atoms with Crippen molar-refractivity contribution < 1.29 is 9.68 Å². The lowest BCUT2D eigenvalue weighted by atomic mass is 10.00. The summed E-state index contributed by atoms with van der Waals surface area (Å²) in [7, 11) is -0.321. The maximum absolute atomic E-state index is 9.04. The summed E-state index contributed by atoms with van der Waals surface area (Å²) in [5.41, 5.74) is 2.07. The molecule has 2 nitrogen and oxygen atoms in total. The maximum atomic E-state index is 9.04. The van der Waals surface area contributed by atoms with E-state index in [0.29, 0.717) is 5.75 Å². The smallest absolute Gasteiger partial charge is 0.504 e. The van der Waals surface area contributed by atoms with Gasteiger partial charge in [0.2, 0.25) is 0 Å². The zero-order valence-electron chi connectivity index (χ0n) is 10.4. The number of fused-ring (bicyclic) bond motifs is 1. The molecule has 0 fully saturated rings. The van der Waals surface area contributed by atoms with Gasteiger partial charge >= 0.3 is 7.69 Å². The third kappa shape index (κ3) is 2.33. The fraction of sp³-hybridized carbons (Fsp3) is 0. The van der Waals surface area contributed by atoms with E-state index in [1.54, 1.807) is 0 Å². The van der Waals surface area contributed by atoms with E-state index in [1.165, 1.54) is 0 Å². The molecule has 3 heteroatoms. The molecule has 0 aliphatic heterocycles. The van der Waals surface area contributed by atoms with Crippen molar-refractivity contribution in [3.8, 4) is 16.9 Å². The van der Waals surface area contributed by atoms with Crippen molar-refractivity contribution in [2.75, 3.05) is 0 Å². The summed E-state index contributed by atoms with van der Waals surface area (Å²) in [4.78, 5) is 0. The zero-order valence-corrected chi connectivity index (χ0v) is 10.4. The van der Waals surface area contributed by atoms with E-state index in [1.807, 2.05) is 54.6 Å². The van der Waals surface area contributed by atoms with Crippen LogP contribution in [-0.4, -0.2) is 12.7 Å². The van der Waals surface area contributed by atoms with Crippen molar-refractivity contribution >= 4 is 18.5 Å². The molecule has 0 aliphatic carbocycles. The molecule has 0 aliphatic rings. The van der Waals surface area contributed by atoms with Gasteiger partial charge in [0.05, 0.1) is 0 Å². The van der Waals surface area contributed by atoms with Crippen molar-refractivity contribution in [3.05, 3.63) is 66.7 Å². The van der Waals surface area contributed by atoms with Crippen molar-refractivity contribution in [1.82, 2.24) is 0 Å². The molecular weight excluding hydrogens is 235 g/mol. The summed E-state index contributed by atoms with van der Waals surface area (Å²) < 4.78 is 5.36. The van der Waals surface area contributed by atoms with Crippen LogP contribution in [-0.2, 0) is 0 Å². The lowest BCUT2D eigenvalue weighted by Gasteiger charge is -2.12. The third-order valence-electron chi connectivity index (χ3n) is 3.15. The van der Waals surface area contributed by atoms with Gasteiger partial charge < -0.3 is 9.68 Å². The Morgan fingerprint density at radius 2 is 1.42 bits per heavy atom. The summed E-state index contributed by atoms with van der Waals surface area (Å²) in [6.07, 6.45) is 0. The first-order valence-corrected chi connectivity index (χ1v) is 6.20. The molecule has 0 spiro atoms. The SMILES string of the molecule is OBOc1cc2ccccc2cc1-c1ccccc1. The predicted octanol–water partition coefficient (Wildman–Crippen LogP) is 3.14. The first kappa shape index (κ1) is 11.8. The highest BCUT2D eigenvalue weighted by atomic mass is 16.5. The van der Waals surface area contributed by atoms with Crippen LogP contribution in [0.15, 0.2) is 66.7 Å². The second-order valence-corrected chi connectivity index (χ2v) is 4.33. The van der Waals surface area contributed by atoms with Crippen LogP contribution in [0.25, 0.3) is 21.9 Å². The Morgan fingerprint density at radius 3 is 2.11 bits per heavy atom. The molecule has 3 aromatic carbocycles. The fourth-order valence-corrected chi connectivity index (χ4v) is 2.25. The van der Waals surface area contributed by atoms with Gasteiger partial charge in [0.1, 0.15) is 5.75 Å². The molecule has 0 atom stereocenters. The molecule has 0 bridgehead atoms. The van der Waals surface area contributed by atoms with E-state index < -0.39 is 0 Å². The summed E-state index contributed by atoms with van der Waals surface area (Å²) in [6.45, 7) is 0. The predicted molar refractivity (Wildman–Crippen MR) is 79.4 cm³/mol. The average molecular weight is 248 g/mol. The van der Waals surface area contributed by atoms with Gasteiger partial charge in [0, 0.05) is 5.56 Å². The van der Waals surface area contributed by atoms with Crippen LogP contribution in [0.4, 0.5) is 0 Å². The van der Waals surface area contributed by atoms with Crippen molar-refractivity contribution in [3.63, 3.8) is 0 Å². The van der Waals surface area contributed by atoms with Gasteiger partial charge in [-0.1, -0.05) is 54.6 Å². The molecule has 0 aromatic heterocycles. The Bertz CT molecular complexity index is 695. The van der Waals surface area contributed by atoms with Gasteiger partial charge in [-0.3, -0.25) is 0 Å². The van der Waals surface area contributed by atoms with E-state index in [2.05, 4.69) is 12.1 Å². The normalized spacial score (nSPS) is 10.4. The van der Waals surface area contributed by atoms with Gasteiger partial charge in [-0.2, -0.15) is 0 Å². The molecular formula is C16H13BO2. The van der Waals surface area contributed by atoms with Gasteiger partial charge in [0.25, 0.3) is 0 Å². The largest absolute Gasteiger partial charge is 0.538 e. The minimum Gasteiger partial charge on any atom is -0.538 e. The van der Waals surface area contributed by atoms with Crippen LogP contribution in [0, 0.1) is 0 Å². The molecule has 0 saturated carbocycles. The summed E-state index contributed by atoms with van der Waals surface area (Å²) in [6, 6.07) is 22.2. The highest BCUT2D eigenvalue weighted by molar-refractivity contribution is 6.17. The third-order valence-corrected chi connectivity index (χ3v) is 3.15. The highest BCUT2D eigenvalue weighted by Gasteiger charge is 2.08. The van der Waals surface area contributed by atoms with Crippen LogP contribution in [0.3, 0.4) is 0 Å². The minimum absolute atomic E-state index is 0.321. The minimum atomic E-state index is -0.321.